The number of nitrogens with one attached hydrogen (secondary N) is 1. The summed E-state index contributed by atoms with van der Waals surface area (Å²) in [5, 5.41) is 21.3. The van der Waals surface area contributed by atoms with E-state index in [1.807, 2.05) is 0 Å². The van der Waals surface area contributed by atoms with Crippen LogP contribution >= 0.6 is 0 Å². The largest absolute Gasteiger partial charge is 0.508 e. The lowest BCUT2D eigenvalue weighted by atomic mass is 10.1. The third-order valence-electron chi connectivity index (χ3n) is 2.78. The molecular weight excluding hydrogens is 242 g/mol. The zero-order valence-electron chi connectivity index (χ0n) is 10.5. The number of rotatable bonds is 3. The lowest BCUT2D eigenvalue weighted by Gasteiger charge is -2.08. The van der Waals surface area contributed by atoms with Crippen molar-refractivity contribution < 1.29 is 15.0 Å². The molecule has 2 aromatic carbocycles. The van der Waals surface area contributed by atoms with E-state index in [-0.39, 0.29) is 11.7 Å². The third-order valence-corrected chi connectivity index (χ3v) is 2.78. The first-order valence-electron chi connectivity index (χ1n) is 5.94. The molecule has 0 radical (unpaired) electrons. The van der Waals surface area contributed by atoms with Crippen molar-refractivity contribution in [3.63, 3.8) is 0 Å². The van der Waals surface area contributed by atoms with Gasteiger partial charge in [-0.2, -0.15) is 0 Å². The summed E-state index contributed by atoms with van der Waals surface area (Å²) < 4.78 is 0. The molecule has 0 heterocycles. The highest BCUT2D eigenvalue weighted by atomic mass is 16.3. The molecule has 98 valence electrons. The van der Waals surface area contributed by atoms with E-state index >= 15 is 0 Å². The average Bonchev–Trinajstić information content (AvgIpc) is 2.40. The van der Waals surface area contributed by atoms with Gasteiger partial charge in [-0.15, -0.1) is 0 Å². The molecule has 4 nitrogen and oxygen atoms in total. The topological polar surface area (TPSA) is 69.6 Å². The molecule has 2 aromatic rings. The fraction of sp³-hybridized carbons (Fsp3) is 0.133. The van der Waals surface area contributed by atoms with E-state index in [1.165, 1.54) is 12.1 Å². The summed E-state index contributed by atoms with van der Waals surface area (Å²) in [4.78, 5) is 11.9. The molecule has 0 aromatic heterocycles. The van der Waals surface area contributed by atoms with E-state index in [4.69, 9.17) is 5.11 Å². The van der Waals surface area contributed by atoms with Crippen molar-refractivity contribution >= 4 is 11.6 Å². The number of phenols is 1. The summed E-state index contributed by atoms with van der Waals surface area (Å²) >= 11 is 0. The number of carbonyl (C=O) groups excluding carboxylic acids is 1. The van der Waals surface area contributed by atoms with Crippen LogP contribution in [-0.2, 0) is 0 Å². The number of aromatic hydroxyl groups is 1. The van der Waals surface area contributed by atoms with Crippen molar-refractivity contribution in [3.05, 3.63) is 59.7 Å². The molecule has 0 aliphatic heterocycles. The van der Waals surface area contributed by atoms with Crippen LogP contribution in [0.4, 0.5) is 5.69 Å². The second-order valence-corrected chi connectivity index (χ2v) is 4.30. The SMILES string of the molecule is CC(O)c1ccc(NC(=O)c2ccc(O)cc2)cc1. The monoisotopic (exact) mass is 257 g/mol. The van der Waals surface area contributed by atoms with Crippen molar-refractivity contribution in [1.29, 1.82) is 0 Å². The van der Waals surface area contributed by atoms with Crippen LogP contribution in [0.3, 0.4) is 0 Å². The van der Waals surface area contributed by atoms with Crippen LogP contribution in [-0.4, -0.2) is 16.1 Å². The first-order valence-corrected chi connectivity index (χ1v) is 5.94. The number of benzene rings is 2. The number of amides is 1. The van der Waals surface area contributed by atoms with Gasteiger partial charge in [-0.3, -0.25) is 4.79 Å². The van der Waals surface area contributed by atoms with Gasteiger partial charge in [0.15, 0.2) is 0 Å². The summed E-state index contributed by atoms with van der Waals surface area (Å²) in [6.45, 7) is 1.68. The maximum atomic E-state index is 11.9. The Morgan fingerprint density at radius 2 is 1.63 bits per heavy atom. The van der Waals surface area contributed by atoms with E-state index < -0.39 is 6.10 Å². The molecule has 1 amide bonds. The molecule has 0 bridgehead atoms. The lowest BCUT2D eigenvalue weighted by Crippen LogP contribution is -2.11. The molecule has 0 spiro atoms. The van der Waals surface area contributed by atoms with Gasteiger partial charge in [0.2, 0.25) is 0 Å². The second-order valence-electron chi connectivity index (χ2n) is 4.30. The van der Waals surface area contributed by atoms with Crippen molar-refractivity contribution in [2.45, 2.75) is 13.0 Å². The normalized spacial score (nSPS) is 11.9. The average molecular weight is 257 g/mol. The Kier molecular flexibility index (Phi) is 3.82. The number of anilines is 1. The van der Waals surface area contributed by atoms with E-state index in [1.54, 1.807) is 43.3 Å². The van der Waals surface area contributed by atoms with Crippen LogP contribution in [0.5, 0.6) is 5.75 Å². The molecule has 0 saturated heterocycles. The minimum absolute atomic E-state index is 0.123. The van der Waals surface area contributed by atoms with Gasteiger partial charge in [0.25, 0.3) is 5.91 Å². The van der Waals surface area contributed by atoms with Gasteiger partial charge in [0.05, 0.1) is 6.10 Å². The number of phenolic OH excluding ortho intramolecular Hbond substituents is 1. The first kappa shape index (κ1) is 13.1. The summed E-state index contributed by atoms with van der Waals surface area (Å²) in [6.07, 6.45) is -0.526. The van der Waals surface area contributed by atoms with Gasteiger partial charge in [-0.1, -0.05) is 12.1 Å². The van der Waals surface area contributed by atoms with Gasteiger partial charge in [-0.05, 0) is 48.9 Å². The highest BCUT2D eigenvalue weighted by Crippen LogP contribution is 2.17. The second kappa shape index (κ2) is 5.54. The number of aliphatic hydroxyl groups is 1. The Hall–Kier alpha value is -2.33. The van der Waals surface area contributed by atoms with Crippen molar-refractivity contribution in [3.8, 4) is 5.75 Å². The molecule has 2 rings (SSSR count). The number of hydrogen-bond acceptors (Lipinski definition) is 3. The van der Waals surface area contributed by atoms with E-state index in [9.17, 15) is 9.90 Å². The van der Waals surface area contributed by atoms with Gasteiger partial charge in [0.1, 0.15) is 5.75 Å². The number of hydrogen-bond donors (Lipinski definition) is 3. The van der Waals surface area contributed by atoms with Gasteiger partial charge >= 0.3 is 0 Å². The quantitative estimate of drug-likeness (QED) is 0.791. The molecule has 0 fully saturated rings. The van der Waals surface area contributed by atoms with Crippen molar-refractivity contribution in [2.75, 3.05) is 5.32 Å². The van der Waals surface area contributed by atoms with Crippen LogP contribution < -0.4 is 5.32 Å². The van der Waals surface area contributed by atoms with Crippen LogP contribution in [0.1, 0.15) is 28.9 Å². The first-order chi connectivity index (χ1) is 9.06. The van der Waals surface area contributed by atoms with Crippen LogP contribution in [0.15, 0.2) is 48.5 Å². The Labute approximate surface area is 111 Å². The van der Waals surface area contributed by atoms with Gasteiger partial charge in [-0.25, -0.2) is 0 Å². The predicted octanol–water partition coefficient (Wildman–Crippen LogP) is 2.70. The molecule has 19 heavy (non-hydrogen) atoms. The molecule has 1 atom stereocenters. The van der Waals surface area contributed by atoms with E-state index in [2.05, 4.69) is 5.32 Å². The van der Waals surface area contributed by atoms with Crippen molar-refractivity contribution in [1.82, 2.24) is 0 Å². The highest BCUT2D eigenvalue weighted by Gasteiger charge is 2.06. The predicted molar refractivity (Wildman–Crippen MR) is 73.1 cm³/mol. The zero-order chi connectivity index (χ0) is 13.8. The lowest BCUT2D eigenvalue weighted by molar-refractivity contribution is 0.102. The minimum atomic E-state index is -0.526. The maximum absolute atomic E-state index is 11.9. The third kappa shape index (κ3) is 3.33. The van der Waals surface area contributed by atoms with Crippen LogP contribution in [0.25, 0.3) is 0 Å². The summed E-state index contributed by atoms with van der Waals surface area (Å²) in [7, 11) is 0. The molecular formula is C15H15NO3. The van der Waals surface area contributed by atoms with Crippen molar-refractivity contribution in [2.24, 2.45) is 0 Å². The van der Waals surface area contributed by atoms with Gasteiger partial charge in [0, 0.05) is 11.3 Å². The molecule has 0 saturated carbocycles. The summed E-state index contributed by atoms with van der Waals surface area (Å²) in [6, 6.07) is 13.0. The summed E-state index contributed by atoms with van der Waals surface area (Å²) in [5.41, 5.74) is 1.92. The number of carbonyl (C=O) groups is 1. The van der Waals surface area contributed by atoms with E-state index in [0.29, 0.717) is 11.3 Å². The van der Waals surface area contributed by atoms with Crippen LogP contribution in [0, 0.1) is 0 Å². The Bertz CT molecular complexity index is 559. The zero-order valence-corrected chi connectivity index (χ0v) is 10.5. The fourth-order valence-corrected chi connectivity index (χ4v) is 1.66. The van der Waals surface area contributed by atoms with Crippen LogP contribution in [0.2, 0.25) is 0 Å². The maximum Gasteiger partial charge on any atom is 0.255 e. The van der Waals surface area contributed by atoms with Gasteiger partial charge < -0.3 is 15.5 Å². The Morgan fingerprint density at radius 1 is 1.05 bits per heavy atom. The standard InChI is InChI=1S/C15H15NO3/c1-10(17)11-2-6-13(7-3-11)16-15(19)12-4-8-14(18)9-5-12/h2-10,17-18H,1H3,(H,16,19). The Morgan fingerprint density at radius 3 is 2.16 bits per heavy atom. The molecule has 1 unspecified atom stereocenters. The summed E-state index contributed by atoms with van der Waals surface area (Å²) in [5.74, 6) is -0.123. The fourth-order valence-electron chi connectivity index (χ4n) is 1.66. The highest BCUT2D eigenvalue weighted by molar-refractivity contribution is 6.04. The molecule has 3 N–H and O–H groups in total. The smallest absolute Gasteiger partial charge is 0.255 e. The Balaban J connectivity index is 2.08. The minimum Gasteiger partial charge on any atom is -0.508 e. The van der Waals surface area contributed by atoms with E-state index in [0.717, 1.165) is 5.56 Å². The molecule has 4 heteroatoms. The molecule has 0 aliphatic rings. The molecule has 0 aliphatic carbocycles. The number of aliphatic hydroxyl groups excluding tert-OH is 1.